The van der Waals surface area contributed by atoms with E-state index >= 15 is 0 Å². The molecule has 1 aliphatic rings. The van der Waals surface area contributed by atoms with Crippen LogP contribution >= 0.6 is 0 Å². The average Bonchev–Trinajstić information content (AvgIpc) is 2.92. The number of hydrogen-bond donors (Lipinski definition) is 1. The van der Waals surface area contributed by atoms with Gasteiger partial charge in [-0.2, -0.15) is 0 Å². The van der Waals surface area contributed by atoms with Crippen molar-refractivity contribution < 1.29 is 9.15 Å². The fourth-order valence-electron chi connectivity index (χ4n) is 3.19. The maximum absolute atomic E-state index is 6.18. The molecule has 1 aromatic rings. The predicted molar refractivity (Wildman–Crippen MR) is 86.1 cm³/mol. The number of furan rings is 1. The molecule has 0 radical (unpaired) electrons. The number of nitrogens with one attached hydrogen (secondary N) is 1. The van der Waals surface area contributed by atoms with Crippen LogP contribution in [0.15, 0.2) is 16.7 Å². The SMILES string of the molecule is CCC1CCCCC1OCc1occc1CNCC(C)C. The summed E-state index contributed by atoms with van der Waals surface area (Å²) in [6, 6.07) is 2.06. The third-order valence-electron chi connectivity index (χ3n) is 4.50. The summed E-state index contributed by atoms with van der Waals surface area (Å²) in [5.74, 6) is 2.40. The Kier molecular flexibility index (Phi) is 6.78. The third kappa shape index (κ3) is 5.15. The molecule has 1 saturated carbocycles. The monoisotopic (exact) mass is 293 g/mol. The number of rotatable bonds is 8. The average molecular weight is 293 g/mol. The number of ether oxygens (including phenoxy) is 1. The van der Waals surface area contributed by atoms with Gasteiger partial charge in [-0.05, 0) is 37.3 Å². The molecule has 0 aromatic carbocycles. The van der Waals surface area contributed by atoms with Gasteiger partial charge in [-0.3, -0.25) is 0 Å². The molecule has 3 heteroatoms. The minimum Gasteiger partial charge on any atom is -0.467 e. The second-order valence-corrected chi connectivity index (χ2v) is 6.70. The summed E-state index contributed by atoms with van der Waals surface area (Å²) in [5.41, 5.74) is 1.24. The van der Waals surface area contributed by atoms with Gasteiger partial charge in [0.1, 0.15) is 12.4 Å². The maximum Gasteiger partial charge on any atom is 0.133 e. The molecule has 1 heterocycles. The topological polar surface area (TPSA) is 34.4 Å². The first-order valence-electron chi connectivity index (χ1n) is 8.58. The highest BCUT2D eigenvalue weighted by Gasteiger charge is 2.24. The van der Waals surface area contributed by atoms with Gasteiger partial charge in [0.15, 0.2) is 0 Å². The maximum atomic E-state index is 6.18. The van der Waals surface area contributed by atoms with E-state index in [2.05, 4.69) is 32.2 Å². The normalized spacial score (nSPS) is 22.9. The molecular formula is C18H31NO2. The Balaban J connectivity index is 1.81. The molecule has 0 spiro atoms. The van der Waals surface area contributed by atoms with Crippen LogP contribution in [0.5, 0.6) is 0 Å². The van der Waals surface area contributed by atoms with E-state index in [0.29, 0.717) is 18.6 Å². The van der Waals surface area contributed by atoms with Crippen LogP contribution in [0.2, 0.25) is 0 Å². The summed E-state index contributed by atoms with van der Waals surface area (Å²) in [6.45, 7) is 9.25. The summed E-state index contributed by atoms with van der Waals surface area (Å²) in [6.07, 6.45) is 8.63. The molecule has 0 amide bonds. The van der Waals surface area contributed by atoms with Gasteiger partial charge in [-0.15, -0.1) is 0 Å². The quantitative estimate of drug-likeness (QED) is 0.765. The van der Waals surface area contributed by atoms with Crippen molar-refractivity contribution in [3.05, 3.63) is 23.7 Å². The summed E-state index contributed by atoms with van der Waals surface area (Å²) < 4.78 is 11.8. The minimum atomic E-state index is 0.422. The summed E-state index contributed by atoms with van der Waals surface area (Å²) >= 11 is 0. The van der Waals surface area contributed by atoms with E-state index in [1.54, 1.807) is 6.26 Å². The van der Waals surface area contributed by atoms with E-state index in [1.165, 1.54) is 37.7 Å². The lowest BCUT2D eigenvalue weighted by atomic mass is 9.85. The van der Waals surface area contributed by atoms with E-state index in [1.807, 2.05) is 0 Å². The van der Waals surface area contributed by atoms with Gasteiger partial charge >= 0.3 is 0 Å². The molecule has 1 fully saturated rings. The first-order chi connectivity index (χ1) is 10.2. The second-order valence-electron chi connectivity index (χ2n) is 6.70. The van der Waals surface area contributed by atoms with Crippen molar-refractivity contribution in [1.82, 2.24) is 5.32 Å². The van der Waals surface area contributed by atoms with Crippen molar-refractivity contribution in [2.75, 3.05) is 6.54 Å². The fourth-order valence-corrected chi connectivity index (χ4v) is 3.19. The molecule has 1 aliphatic carbocycles. The largest absolute Gasteiger partial charge is 0.467 e. The Bertz CT molecular complexity index is 400. The van der Waals surface area contributed by atoms with E-state index in [-0.39, 0.29) is 0 Å². The van der Waals surface area contributed by atoms with Gasteiger partial charge in [-0.25, -0.2) is 0 Å². The summed E-state index contributed by atoms with van der Waals surface area (Å²) in [5, 5.41) is 3.47. The van der Waals surface area contributed by atoms with Crippen LogP contribution in [0.1, 0.15) is 64.2 Å². The second kappa shape index (κ2) is 8.60. The lowest BCUT2D eigenvalue weighted by molar-refractivity contribution is -0.0287. The first kappa shape index (κ1) is 16.6. The minimum absolute atomic E-state index is 0.422. The molecule has 2 unspecified atom stereocenters. The first-order valence-corrected chi connectivity index (χ1v) is 8.58. The van der Waals surface area contributed by atoms with Crippen LogP contribution in [0.4, 0.5) is 0 Å². The molecule has 2 atom stereocenters. The lowest BCUT2D eigenvalue weighted by Gasteiger charge is -2.30. The van der Waals surface area contributed by atoms with Crippen molar-refractivity contribution in [2.24, 2.45) is 11.8 Å². The highest BCUT2D eigenvalue weighted by molar-refractivity contribution is 5.16. The molecule has 0 bridgehead atoms. The van der Waals surface area contributed by atoms with E-state index in [4.69, 9.17) is 9.15 Å². The van der Waals surface area contributed by atoms with Gasteiger partial charge in [-0.1, -0.05) is 40.0 Å². The Hall–Kier alpha value is -0.800. The van der Waals surface area contributed by atoms with Crippen molar-refractivity contribution >= 4 is 0 Å². The highest BCUT2D eigenvalue weighted by atomic mass is 16.5. The van der Waals surface area contributed by atoms with Gasteiger partial charge in [0.05, 0.1) is 12.4 Å². The molecular weight excluding hydrogens is 262 g/mol. The smallest absolute Gasteiger partial charge is 0.133 e. The van der Waals surface area contributed by atoms with Crippen molar-refractivity contribution in [1.29, 1.82) is 0 Å². The zero-order chi connectivity index (χ0) is 15.1. The lowest BCUT2D eigenvalue weighted by Crippen LogP contribution is -2.27. The van der Waals surface area contributed by atoms with E-state index in [9.17, 15) is 0 Å². The van der Waals surface area contributed by atoms with Crippen LogP contribution in [-0.4, -0.2) is 12.6 Å². The van der Waals surface area contributed by atoms with Crippen LogP contribution in [0.3, 0.4) is 0 Å². The van der Waals surface area contributed by atoms with Gasteiger partial charge in [0.25, 0.3) is 0 Å². The Labute approximate surface area is 129 Å². The Morgan fingerprint density at radius 3 is 2.90 bits per heavy atom. The predicted octanol–water partition coefficient (Wildman–Crippen LogP) is 4.51. The molecule has 1 N–H and O–H groups in total. The Morgan fingerprint density at radius 1 is 1.33 bits per heavy atom. The van der Waals surface area contributed by atoms with Crippen molar-refractivity contribution in [2.45, 2.75) is 72.1 Å². The molecule has 3 nitrogen and oxygen atoms in total. The van der Waals surface area contributed by atoms with Gasteiger partial charge < -0.3 is 14.5 Å². The zero-order valence-electron chi connectivity index (χ0n) is 13.9. The van der Waals surface area contributed by atoms with Crippen LogP contribution in [0.25, 0.3) is 0 Å². The molecule has 0 saturated heterocycles. The number of hydrogen-bond acceptors (Lipinski definition) is 3. The van der Waals surface area contributed by atoms with Gasteiger partial charge in [0.2, 0.25) is 0 Å². The zero-order valence-corrected chi connectivity index (χ0v) is 13.9. The van der Waals surface area contributed by atoms with Crippen LogP contribution < -0.4 is 5.32 Å². The van der Waals surface area contributed by atoms with Crippen molar-refractivity contribution in [3.8, 4) is 0 Å². The molecule has 2 rings (SSSR count). The van der Waals surface area contributed by atoms with Crippen molar-refractivity contribution in [3.63, 3.8) is 0 Å². The molecule has 0 aliphatic heterocycles. The molecule has 1 aromatic heterocycles. The Morgan fingerprint density at radius 2 is 2.14 bits per heavy atom. The van der Waals surface area contributed by atoms with Crippen LogP contribution in [0, 0.1) is 11.8 Å². The third-order valence-corrected chi connectivity index (χ3v) is 4.50. The van der Waals surface area contributed by atoms with Gasteiger partial charge in [0, 0.05) is 12.1 Å². The van der Waals surface area contributed by atoms with E-state index in [0.717, 1.165) is 24.8 Å². The molecule has 120 valence electrons. The van der Waals surface area contributed by atoms with Crippen LogP contribution in [-0.2, 0) is 17.9 Å². The summed E-state index contributed by atoms with van der Waals surface area (Å²) in [4.78, 5) is 0. The van der Waals surface area contributed by atoms with E-state index < -0.39 is 0 Å². The fraction of sp³-hybridized carbons (Fsp3) is 0.778. The highest BCUT2D eigenvalue weighted by Crippen LogP contribution is 2.30. The molecule has 21 heavy (non-hydrogen) atoms. The standard InChI is InChI=1S/C18H31NO2/c1-4-15-7-5-6-8-17(15)21-13-18-16(9-10-20-18)12-19-11-14(2)3/h9-10,14-15,17,19H,4-8,11-13H2,1-3H3. The summed E-state index contributed by atoms with van der Waals surface area (Å²) in [7, 11) is 0.